The van der Waals surface area contributed by atoms with Crippen molar-refractivity contribution in [3.8, 4) is 0 Å². The average Bonchev–Trinajstić information content (AvgIpc) is 2.15. The van der Waals surface area contributed by atoms with E-state index in [4.69, 9.17) is 0 Å². The lowest BCUT2D eigenvalue weighted by atomic mass is 10.1. The van der Waals surface area contributed by atoms with Crippen LogP contribution in [0.5, 0.6) is 0 Å². The Morgan fingerprint density at radius 1 is 1.35 bits per heavy atom. The Hall–Kier alpha value is -1.20. The number of rotatable bonds is 5. The lowest BCUT2D eigenvalue weighted by molar-refractivity contribution is 0.579. The molecule has 0 bridgehead atoms. The van der Waals surface area contributed by atoms with Gasteiger partial charge >= 0.3 is 0 Å². The Morgan fingerprint density at radius 2 is 1.88 bits per heavy atom. The molecular formula is C12H16FNO2S. The van der Waals surface area contributed by atoms with Crippen LogP contribution in [-0.2, 0) is 10.0 Å². The van der Waals surface area contributed by atoms with Gasteiger partial charge in [-0.3, -0.25) is 0 Å². The van der Waals surface area contributed by atoms with Crippen LogP contribution in [0, 0.1) is 19.7 Å². The maximum Gasteiger partial charge on any atom is 0.241 e. The largest absolute Gasteiger partial charge is 0.241 e. The van der Waals surface area contributed by atoms with Crippen molar-refractivity contribution in [2.24, 2.45) is 0 Å². The lowest BCUT2D eigenvalue weighted by Crippen LogP contribution is -2.26. The maximum atomic E-state index is 13.1. The normalized spacial score (nSPS) is 11.5. The number of nitrogens with one attached hydrogen (secondary N) is 1. The van der Waals surface area contributed by atoms with Crippen molar-refractivity contribution >= 4 is 10.0 Å². The quantitative estimate of drug-likeness (QED) is 0.650. The standard InChI is InChI=1S/C12H16FNO2S/c1-4-5-6-14-17(15,16)12-9(2)7-11(13)8-10(12)3/h4,7-8,14H,1,5-6H2,2-3H3. The van der Waals surface area contributed by atoms with Crippen LogP contribution in [0.1, 0.15) is 17.5 Å². The highest BCUT2D eigenvalue weighted by molar-refractivity contribution is 7.89. The van der Waals surface area contributed by atoms with Gasteiger partial charge in [0.1, 0.15) is 5.82 Å². The summed E-state index contributed by atoms with van der Waals surface area (Å²) >= 11 is 0. The third kappa shape index (κ3) is 3.38. The third-order valence-electron chi connectivity index (χ3n) is 2.33. The second-order valence-corrected chi connectivity index (χ2v) is 5.55. The van der Waals surface area contributed by atoms with Crippen molar-refractivity contribution in [1.29, 1.82) is 0 Å². The highest BCUT2D eigenvalue weighted by Gasteiger charge is 2.19. The molecule has 0 saturated carbocycles. The summed E-state index contributed by atoms with van der Waals surface area (Å²) in [6.07, 6.45) is 2.19. The summed E-state index contributed by atoms with van der Waals surface area (Å²) in [5.74, 6) is -0.426. The number of benzene rings is 1. The molecule has 0 heterocycles. The van der Waals surface area contributed by atoms with E-state index in [9.17, 15) is 12.8 Å². The van der Waals surface area contributed by atoms with E-state index in [1.165, 1.54) is 12.1 Å². The first-order valence-corrected chi connectivity index (χ1v) is 6.74. The fraction of sp³-hybridized carbons (Fsp3) is 0.333. The Morgan fingerprint density at radius 3 is 2.35 bits per heavy atom. The minimum absolute atomic E-state index is 0.156. The summed E-state index contributed by atoms with van der Waals surface area (Å²) < 4.78 is 39.5. The lowest BCUT2D eigenvalue weighted by Gasteiger charge is -2.11. The van der Waals surface area contributed by atoms with Crippen molar-refractivity contribution in [3.05, 3.63) is 41.7 Å². The second kappa shape index (κ2) is 5.42. The van der Waals surface area contributed by atoms with E-state index < -0.39 is 15.8 Å². The van der Waals surface area contributed by atoms with Crippen LogP contribution in [0.4, 0.5) is 4.39 Å². The van der Waals surface area contributed by atoms with Gasteiger partial charge < -0.3 is 0 Å². The van der Waals surface area contributed by atoms with Gasteiger partial charge in [0.2, 0.25) is 10.0 Å². The van der Waals surface area contributed by atoms with Crippen LogP contribution in [-0.4, -0.2) is 15.0 Å². The Bertz CT molecular complexity index is 500. The summed E-state index contributed by atoms with van der Waals surface area (Å²) in [4.78, 5) is 0.156. The third-order valence-corrected chi connectivity index (χ3v) is 4.10. The van der Waals surface area contributed by atoms with E-state index in [0.717, 1.165) is 0 Å². The molecule has 0 unspecified atom stereocenters. The molecule has 1 aromatic carbocycles. The number of halogens is 1. The number of sulfonamides is 1. The van der Waals surface area contributed by atoms with Gasteiger partial charge in [-0.25, -0.2) is 17.5 Å². The first-order chi connectivity index (χ1) is 7.88. The molecule has 1 aromatic rings. The monoisotopic (exact) mass is 257 g/mol. The number of hydrogen-bond acceptors (Lipinski definition) is 2. The zero-order valence-corrected chi connectivity index (χ0v) is 10.8. The number of aryl methyl sites for hydroxylation is 2. The van der Waals surface area contributed by atoms with Crippen molar-refractivity contribution < 1.29 is 12.8 Å². The molecular weight excluding hydrogens is 241 g/mol. The summed E-state index contributed by atoms with van der Waals surface area (Å²) in [5, 5.41) is 0. The van der Waals surface area contributed by atoms with Crippen molar-refractivity contribution in [2.75, 3.05) is 6.54 Å². The second-order valence-electron chi connectivity index (χ2n) is 3.84. The summed E-state index contributed by atoms with van der Waals surface area (Å²) in [5.41, 5.74) is 0.821. The van der Waals surface area contributed by atoms with E-state index in [2.05, 4.69) is 11.3 Å². The van der Waals surface area contributed by atoms with E-state index in [1.54, 1.807) is 19.9 Å². The molecule has 0 saturated heterocycles. The van der Waals surface area contributed by atoms with Gasteiger partial charge in [0.25, 0.3) is 0 Å². The number of hydrogen-bond donors (Lipinski definition) is 1. The van der Waals surface area contributed by atoms with Crippen molar-refractivity contribution in [3.63, 3.8) is 0 Å². The van der Waals surface area contributed by atoms with Gasteiger partial charge in [0, 0.05) is 6.54 Å². The zero-order valence-electron chi connectivity index (χ0n) is 9.96. The fourth-order valence-corrected chi connectivity index (χ4v) is 3.19. The average molecular weight is 257 g/mol. The molecule has 1 rings (SSSR count). The molecule has 0 aliphatic rings. The predicted octanol–water partition coefficient (Wildman–Crippen LogP) is 2.30. The van der Waals surface area contributed by atoms with Crippen LogP contribution in [0.25, 0.3) is 0 Å². The summed E-state index contributed by atoms with van der Waals surface area (Å²) in [6.45, 7) is 6.97. The minimum Gasteiger partial charge on any atom is -0.211 e. The van der Waals surface area contributed by atoms with Gasteiger partial charge in [0.15, 0.2) is 0 Å². The zero-order chi connectivity index (χ0) is 13.1. The van der Waals surface area contributed by atoms with Crippen LogP contribution >= 0.6 is 0 Å². The maximum absolute atomic E-state index is 13.1. The van der Waals surface area contributed by atoms with Gasteiger partial charge in [-0.05, 0) is 43.5 Å². The van der Waals surface area contributed by atoms with E-state index in [0.29, 0.717) is 24.1 Å². The smallest absolute Gasteiger partial charge is 0.211 e. The van der Waals surface area contributed by atoms with Gasteiger partial charge in [-0.15, -0.1) is 6.58 Å². The molecule has 0 spiro atoms. The predicted molar refractivity (Wildman–Crippen MR) is 65.9 cm³/mol. The van der Waals surface area contributed by atoms with Crippen LogP contribution < -0.4 is 4.72 Å². The topological polar surface area (TPSA) is 46.2 Å². The molecule has 0 fully saturated rings. The summed E-state index contributed by atoms with van der Waals surface area (Å²) in [7, 11) is -3.58. The van der Waals surface area contributed by atoms with Crippen LogP contribution in [0.15, 0.2) is 29.7 Å². The van der Waals surface area contributed by atoms with Crippen molar-refractivity contribution in [1.82, 2.24) is 4.72 Å². The molecule has 0 aliphatic heterocycles. The van der Waals surface area contributed by atoms with Crippen LogP contribution in [0.3, 0.4) is 0 Å². The Kier molecular flexibility index (Phi) is 4.42. The molecule has 0 radical (unpaired) electrons. The van der Waals surface area contributed by atoms with E-state index in [-0.39, 0.29) is 4.90 Å². The van der Waals surface area contributed by atoms with Gasteiger partial charge in [-0.1, -0.05) is 6.08 Å². The minimum atomic E-state index is -3.58. The van der Waals surface area contributed by atoms with Crippen molar-refractivity contribution in [2.45, 2.75) is 25.2 Å². The Labute approximate surface area is 101 Å². The summed E-state index contributed by atoms with van der Waals surface area (Å²) in [6, 6.07) is 2.43. The fourth-order valence-electron chi connectivity index (χ4n) is 1.69. The molecule has 94 valence electrons. The highest BCUT2D eigenvalue weighted by Crippen LogP contribution is 2.21. The first kappa shape index (κ1) is 13.9. The molecule has 0 aliphatic carbocycles. The van der Waals surface area contributed by atoms with Gasteiger partial charge in [-0.2, -0.15) is 0 Å². The molecule has 1 N–H and O–H groups in total. The van der Waals surface area contributed by atoms with Gasteiger partial charge in [0.05, 0.1) is 4.90 Å². The molecule has 0 atom stereocenters. The molecule has 3 nitrogen and oxygen atoms in total. The molecule has 0 amide bonds. The highest BCUT2D eigenvalue weighted by atomic mass is 32.2. The first-order valence-electron chi connectivity index (χ1n) is 5.26. The van der Waals surface area contributed by atoms with E-state index in [1.807, 2.05) is 0 Å². The Balaban J connectivity index is 3.11. The SMILES string of the molecule is C=CCCNS(=O)(=O)c1c(C)cc(F)cc1C. The molecule has 0 aromatic heterocycles. The molecule has 5 heteroatoms. The van der Waals surface area contributed by atoms with E-state index >= 15 is 0 Å². The van der Waals surface area contributed by atoms with Crippen LogP contribution in [0.2, 0.25) is 0 Å². The molecule has 17 heavy (non-hydrogen) atoms.